The number of carbonyl (C=O) groups is 1. The van der Waals surface area contributed by atoms with Crippen LogP contribution in [0.4, 0.5) is 0 Å². The Morgan fingerprint density at radius 1 is 0.871 bits per heavy atom. The first-order chi connectivity index (χ1) is 14.5. The summed E-state index contributed by atoms with van der Waals surface area (Å²) in [6.45, 7) is 13.9. The molecule has 3 nitrogen and oxygen atoms in total. The van der Waals surface area contributed by atoms with Crippen LogP contribution in [0.2, 0.25) is 0 Å². The van der Waals surface area contributed by atoms with Crippen molar-refractivity contribution in [3.05, 3.63) is 12.2 Å². The van der Waals surface area contributed by atoms with E-state index in [-0.39, 0.29) is 5.41 Å². The van der Waals surface area contributed by atoms with E-state index >= 15 is 0 Å². The van der Waals surface area contributed by atoms with Gasteiger partial charge in [-0.3, -0.25) is 4.79 Å². The quantitative estimate of drug-likeness (QED) is 0.510. The lowest BCUT2D eigenvalue weighted by molar-refractivity contribution is -0.182. The summed E-state index contributed by atoms with van der Waals surface area (Å²) in [5, 5.41) is 10.4. The third kappa shape index (κ3) is 2.83. The van der Waals surface area contributed by atoms with E-state index in [1.54, 1.807) is 0 Å². The minimum atomic E-state index is -0.517. The molecule has 0 aromatic rings. The SMILES string of the molecule is C=C(C)[C@@H]1CC[C@]2(C(=O)O)CC[C@@]3(C)C4CCC5C(CC[C@H](N)C5(C)C)C4CCC3C12. The van der Waals surface area contributed by atoms with Crippen LogP contribution in [0, 0.1) is 57.7 Å². The van der Waals surface area contributed by atoms with E-state index in [4.69, 9.17) is 5.73 Å². The maximum absolute atomic E-state index is 12.6. The molecule has 10 atom stereocenters. The van der Waals surface area contributed by atoms with E-state index < -0.39 is 11.4 Å². The van der Waals surface area contributed by atoms with E-state index in [2.05, 4.69) is 34.3 Å². The third-order valence-corrected chi connectivity index (χ3v) is 12.2. The van der Waals surface area contributed by atoms with Crippen molar-refractivity contribution in [2.75, 3.05) is 0 Å². The van der Waals surface area contributed by atoms with Gasteiger partial charge in [0.15, 0.2) is 0 Å². The average molecular weight is 428 g/mol. The molecule has 3 heteroatoms. The van der Waals surface area contributed by atoms with Crippen molar-refractivity contribution >= 4 is 5.97 Å². The first kappa shape index (κ1) is 22.0. The molecule has 5 rings (SSSR count). The molecule has 0 aromatic heterocycles. The molecule has 0 heterocycles. The van der Waals surface area contributed by atoms with Crippen LogP contribution in [-0.2, 0) is 4.79 Å². The molecule has 0 amide bonds. The molecular formula is C28H45NO2. The lowest BCUT2D eigenvalue weighted by Crippen LogP contribution is -2.60. The van der Waals surface area contributed by atoms with Crippen molar-refractivity contribution in [3.63, 3.8) is 0 Å². The molecule has 6 unspecified atom stereocenters. The van der Waals surface area contributed by atoms with Crippen LogP contribution in [0.15, 0.2) is 12.2 Å². The molecule has 31 heavy (non-hydrogen) atoms. The van der Waals surface area contributed by atoms with Crippen LogP contribution in [0.25, 0.3) is 0 Å². The second-order valence-electron chi connectivity index (χ2n) is 13.3. The summed E-state index contributed by atoms with van der Waals surface area (Å²) in [6, 6.07) is 0.345. The Kier molecular flexibility index (Phi) is 5.02. The molecule has 0 aliphatic heterocycles. The number of hydrogen-bond donors (Lipinski definition) is 2. The standard InChI is InChI=1S/C28H45NO2/c1-16(2)17-12-13-28(25(30)31)15-14-27(5)21-10-9-20-18(7-11-23(29)26(20,3)4)19(21)6-8-22(27)24(17)28/h17-24H,1,6-15,29H2,2-5H3,(H,30,31)/t17-,18?,19?,20?,21?,22?,23-,24?,27-,28-/m0/s1. The van der Waals surface area contributed by atoms with Crippen molar-refractivity contribution in [2.24, 2.45) is 63.4 Å². The molecule has 0 saturated heterocycles. The molecule has 0 spiro atoms. The maximum atomic E-state index is 12.6. The number of carboxylic acids is 1. The average Bonchev–Trinajstić information content (AvgIpc) is 3.11. The van der Waals surface area contributed by atoms with Crippen molar-refractivity contribution in [1.82, 2.24) is 0 Å². The number of rotatable bonds is 2. The van der Waals surface area contributed by atoms with Crippen molar-refractivity contribution in [2.45, 2.75) is 97.9 Å². The lowest BCUT2D eigenvalue weighted by atomic mass is 9.39. The van der Waals surface area contributed by atoms with Gasteiger partial charge in [0.25, 0.3) is 0 Å². The molecular weight excluding hydrogens is 382 g/mol. The summed E-state index contributed by atoms with van der Waals surface area (Å²) in [4.78, 5) is 12.6. The normalized spacial score (nSPS) is 52.9. The van der Waals surface area contributed by atoms with E-state index in [9.17, 15) is 9.90 Å². The highest BCUT2D eigenvalue weighted by Gasteiger charge is 2.66. The highest BCUT2D eigenvalue weighted by molar-refractivity contribution is 5.76. The van der Waals surface area contributed by atoms with Gasteiger partial charge in [0.05, 0.1) is 5.41 Å². The second kappa shape index (κ2) is 7.08. The summed E-state index contributed by atoms with van der Waals surface area (Å²) in [5.41, 5.74) is 7.90. The highest BCUT2D eigenvalue weighted by Crippen LogP contribution is 2.71. The predicted octanol–water partition coefficient (Wildman–Crippen LogP) is 6.28. The van der Waals surface area contributed by atoms with Crippen molar-refractivity contribution in [1.29, 1.82) is 0 Å². The number of carboxylic acid groups (broad SMARTS) is 1. The van der Waals surface area contributed by atoms with Gasteiger partial charge in [-0.05, 0) is 123 Å². The first-order valence-electron chi connectivity index (χ1n) is 13.2. The van der Waals surface area contributed by atoms with Crippen molar-refractivity contribution < 1.29 is 9.90 Å². The van der Waals surface area contributed by atoms with Crippen LogP contribution in [-0.4, -0.2) is 17.1 Å². The van der Waals surface area contributed by atoms with E-state index in [1.165, 1.54) is 44.1 Å². The van der Waals surface area contributed by atoms with Gasteiger partial charge in [-0.25, -0.2) is 0 Å². The minimum absolute atomic E-state index is 0.257. The van der Waals surface area contributed by atoms with Crippen LogP contribution < -0.4 is 5.73 Å². The topological polar surface area (TPSA) is 63.3 Å². The Bertz CT molecular complexity index is 773. The first-order valence-corrected chi connectivity index (χ1v) is 13.2. The Morgan fingerprint density at radius 2 is 1.48 bits per heavy atom. The zero-order valence-corrected chi connectivity index (χ0v) is 20.3. The maximum Gasteiger partial charge on any atom is 0.309 e. The largest absolute Gasteiger partial charge is 0.481 e. The van der Waals surface area contributed by atoms with E-state index in [1.807, 2.05) is 0 Å². The van der Waals surface area contributed by atoms with Gasteiger partial charge >= 0.3 is 5.97 Å². The number of fused-ring (bicyclic) bond motifs is 7. The molecule has 5 fully saturated rings. The molecule has 5 aliphatic rings. The number of aliphatic carboxylic acids is 1. The summed E-state index contributed by atoms with van der Waals surface area (Å²) >= 11 is 0. The fourth-order valence-corrected chi connectivity index (χ4v) is 10.4. The van der Waals surface area contributed by atoms with Gasteiger partial charge in [-0.2, -0.15) is 0 Å². The smallest absolute Gasteiger partial charge is 0.309 e. The summed E-state index contributed by atoms with van der Waals surface area (Å²) < 4.78 is 0. The molecule has 0 aromatic carbocycles. The Labute approximate surface area is 189 Å². The molecule has 3 N–H and O–H groups in total. The van der Waals surface area contributed by atoms with Gasteiger partial charge in [0.2, 0.25) is 0 Å². The highest BCUT2D eigenvalue weighted by atomic mass is 16.4. The van der Waals surface area contributed by atoms with Crippen LogP contribution in [0.1, 0.15) is 91.9 Å². The fourth-order valence-electron chi connectivity index (χ4n) is 10.4. The third-order valence-electron chi connectivity index (χ3n) is 12.2. The van der Waals surface area contributed by atoms with E-state index in [0.717, 1.165) is 49.4 Å². The van der Waals surface area contributed by atoms with Gasteiger partial charge in [-0.15, -0.1) is 0 Å². The van der Waals surface area contributed by atoms with Gasteiger partial charge in [-0.1, -0.05) is 32.9 Å². The summed E-state index contributed by atoms with van der Waals surface area (Å²) in [6.07, 6.45) is 11.6. The predicted molar refractivity (Wildman–Crippen MR) is 125 cm³/mol. The monoisotopic (exact) mass is 427 g/mol. The lowest BCUT2D eigenvalue weighted by Gasteiger charge is -2.65. The minimum Gasteiger partial charge on any atom is -0.481 e. The summed E-state index contributed by atoms with van der Waals surface area (Å²) in [5.74, 6) is 3.95. The fraction of sp³-hybridized carbons (Fsp3) is 0.893. The van der Waals surface area contributed by atoms with Crippen LogP contribution >= 0.6 is 0 Å². The Balaban J connectivity index is 1.48. The molecule has 0 bridgehead atoms. The summed E-state index contributed by atoms with van der Waals surface area (Å²) in [7, 11) is 0. The zero-order valence-electron chi connectivity index (χ0n) is 20.3. The van der Waals surface area contributed by atoms with Gasteiger partial charge in [0, 0.05) is 6.04 Å². The molecule has 0 radical (unpaired) electrons. The van der Waals surface area contributed by atoms with Gasteiger partial charge in [0.1, 0.15) is 0 Å². The van der Waals surface area contributed by atoms with Crippen LogP contribution in [0.3, 0.4) is 0 Å². The number of hydrogen-bond acceptors (Lipinski definition) is 2. The Morgan fingerprint density at radius 3 is 2.16 bits per heavy atom. The molecule has 5 aliphatic carbocycles. The van der Waals surface area contributed by atoms with Gasteiger partial charge < -0.3 is 10.8 Å². The van der Waals surface area contributed by atoms with Crippen molar-refractivity contribution in [3.8, 4) is 0 Å². The zero-order chi connectivity index (χ0) is 22.3. The number of allylic oxidation sites excluding steroid dienone is 1. The number of nitrogens with two attached hydrogens (primary N) is 1. The Hall–Kier alpha value is -0.830. The second-order valence-corrected chi connectivity index (χ2v) is 13.3. The van der Waals surface area contributed by atoms with Crippen LogP contribution in [0.5, 0.6) is 0 Å². The molecule has 5 saturated carbocycles. The van der Waals surface area contributed by atoms with E-state index in [0.29, 0.717) is 29.2 Å². The molecule has 174 valence electrons.